The van der Waals surface area contributed by atoms with E-state index in [1.165, 1.54) is 6.07 Å². The van der Waals surface area contributed by atoms with Gasteiger partial charge in [0, 0.05) is 19.7 Å². The lowest BCUT2D eigenvalue weighted by molar-refractivity contribution is 0.159. The third kappa shape index (κ3) is 5.12. The zero-order valence-electron chi connectivity index (χ0n) is 11.4. The highest BCUT2D eigenvalue weighted by atomic mass is 19.1. The Morgan fingerprint density at radius 2 is 2.17 bits per heavy atom. The molecule has 1 aromatic carbocycles. The van der Waals surface area contributed by atoms with Gasteiger partial charge < -0.3 is 15.0 Å². The van der Waals surface area contributed by atoms with Crippen LogP contribution in [0.4, 0.5) is 4.39 Å². The molecule has 1 aromatic rings. The number of methoxy groups -OCH3 is 1. The number of likely N-dealkylation sites (N-methyl/N-ethyl adjacent to an activating group) is 1. The summed E-state index contributed by atoms with van der Waals surface area (Å²) >= 11 is 0. The number of nitrogens with zero attached hydrogens (tertiary/aromatic N) is 1. The third-order valence-corrected chi connectivity index (χ3v) is 3.08. The normalized spacial score (nSPS) is 12.9. The van der Waals surface area contributed by atoms with E-state index in [2.05, 4.69) is 17.3 Å². The zero-order valence-corrected chi connectivity index (χ0v) is 11.4. The molecule has 3 nitrogen and oxygen atoms in total. The molecule has 0 radical (unpaired) electrons. The number of halogens is 1. The number of rotatable bonds is 8. The minimum Gasteiger partial charge on any atom is -0.383 e. The van der Waals surface area contributed by atoms with Gasteiger partial charge in [-0.25, -0.2) is 4.39 Å². The van der Waals surface area contributed by atoms with Gasteiger partial charge in [-0.1, -0.05) is 12.1 Å². The van der Waals surface area contributed by atoms with Gasteiger partial charge in [0.2, 0.25) is 0 Å². The summed E-state index contributed by atoms with van der Waals surface area (Å²) < 4.78 is 18.2. The minimum atomic E-state index is -0.180. The minimum absolute atomic E-state index is 0.180. The van der Waals surface area contributed by atoms with E-state index >= 15 is 0 Å². The topological polar surface area (TPSA) is 24.5 Å². The maximum Gasteiger partial charge on any atom is 0.123 e. The molecule has 0 aliphatic heterocycles. The maximum atomic E-state index is 13.2. The fraction of sp³-hybridized carbons (Fsp3) is 0.571. The molecule has 1 unspecified atom stereocenters. The van der Waals surface area contributed by atoms with Gasteiger partial charge in [0.25, 0.3) is 0 Å². The van der Waals surface area contributed by atoms with E-state index in [0.29, 0.717) is 0 Å². The van der Waals surface area contributed by atoms with Crippen molar-refractivity contribution in [3.63, 3.8) is 0 Å². The highest BCUT2D eigenvalue weighted by Gasteiger charge is 2.10. The maximum absolute atomic E-state index is 13.2. The lowest BCUT2D eigenvalue weighted by Gasteiger charge is -2.21. The molecular formula is C14H23FN2O. The Morgan fingerprint density at radius 3 is 2.78 bits per heavy atom. The van der Waals surface area contributed by atoms with Crippen molar-refractivity contribution in [2.24, 2.45) is 0 Å². The number of nitrogens with one attached hydrogen (secondary N) is 1. The van der Waals surface area contributed by atoms with Crippen molar-refractivity contribution in [2.75, 3.05) is 40.9 Å². The summed E-state index contributed by atoms with van der Waals surface area (Å²) in [5, 5.41) is 3.23. The fourth-order valence-corrected chi connectivity index (χ4v) is 1.91. The Bertz CT molecular complexity index is 346. The van der Waals surface area contributed by atoms with Crippen LogP contribution in [0, 0.1) is 5.82 Å². The average molecular weight is 254 g/mol. The molecule has 0 heterocycles. The lowest BCUT2D eigenvalue weighted by atomic mass is 10.0. The zero-order chi connectivity index (χ0) is 13.4. The smallest absolute Gasteiger partial charge is 0.123 e. The van der Waals surface area contributed by atoms with Crippen LogP contribution in [0.2, 0.25) is 0 Å². The first-order chi connectivity index (χ1) is 8.67. The molecule has 102 valence electrons. The first-order valence-electron chi connectivity index (χ1n) is 6.27. The second-order valence-electron chi connectivity index (χ2n) is 4.48. The highest BCUT2D eigenvalue weighted by Crippen LogP contribution is 2.17. The molecule has 0 amide bonds. The Morgan fingerprint density at radius 1 is 1.39 bits per heavy atom. The van der Waals surface area contributed by atoms with Crippen LogP contribution in [-0.2, 0) is 4.74 Å². The second-order valence-corrected chi connectivity index (χ2v) is 4.48. The van der Waals surface area contributed by atoms with E-state index < -0.39 is 0 Å². The van der Waals surface area contributed by atoms with Crippen molar-refractivity contribution in [3.8, 4) is 0 Å². The Labute approximate surface area is 109 Å². The van der Waals surface area contributed by atoms with Crippen molar-refractivity contribution < 1.29 is 9.13 Å². The van der Waals surface area contributed by atoms with Gasteiger partial charge in [0.05, 0.1) is 6.61 Å². The fourth-order valence-electron chi connectivity index (χ4n) is 1.91. The Hall–Kier alpha value is -0.970. The molecule has 1 atom stereocenters. The van der Waals surface area contributed by atoms with Gasteiger partial charge in [-0.3, -0.25) is 0 Å². The summed E-state index contributed by atoms with van der Waals surface area (Å²) in [6.45, 7) is 2.60. The number of ether oxygens (including phenoxy) is 1. The molecular weight excluding hydrogens is 231 g/mol. The molecule has 0 saturated carbocycles. The van der Waals surface area contributed by atoms with Crippen molar-refractivity contribution >= 4 is 0 Å². The van der Waals surface area contributed by atoms with Crippen molar-refractivity contribution in [1.82, 2.24) is 10.2 Å². The van der Waals surface area contributed by atoms with Crippen LogP contribution in [0.25, 0.3) is 0 Å². The monoisotopic (exact) mass is 254 g/mol. The average Bonchev–Trinajstić information content (AvgIpc) is 2.37. The molecule has 0 aromatic heterocycles. The van der Waals surface area contributed by atoms with Crippen LogP contribution >= 0.6 is 0 Å². The summed E-state index contributed by atoms with van der Waals surface area (Å²) in [5.41, 5.74) is 0.998. The quantitative estimate of drug-likeness (QED) is 0.768. The molecule has 0 fully saturated rings. The van der Waals surface area contributed by atoms with Crippen molar-refractivity contribution in [2.45, 2.75) is 12.5 Å². The highest BCUT2D eigenvalue weighted by molar-refractivity contribution is 5.20. The van der Waals surface area contributed by atoms with Crippen molar-refractivity contribution in [3.05, 3.63) is 35.6 Å². The molecule has 18 heavy (non-hydrogen) atoms. The summed E-state index contributed by atoms with van der Waals surface area (Å²) in [6, 6.07) is 6.96. The van der Waals surface area contributed by atoms with Crippen LogP contribution in [0.1, 0.15) is 18.0 Å². The van der Waals surface area contributed by atoms with Crippen LogP contribution in [0.5, 0.6) is 0 Å². The first-order valence-corrected chi connectivity index (χ1v) is 6.27. The molecule has 1 rings (SSSR count). The summed E-state index contributed by atoms with van der Waals surface area (Å²) in [6.07, 6.45) is 0.945. The van der Waals surface area contributed by atoms with E-state index in [9.17, 15) is 4.39 Å². The molecule has 0 bridgehead atoms. The summed E-state index contributed by atoms with van der Waals surface area (Å²) in [4.78, 5) is 2.22. The number of hydrogen-bond acceptors (Lipinski definition) is 3. The first kappa shape index (κ1) is 15.1. The summed E-state index contributed by atoms with van der Waals surface area (Å²) in [5.74, 6) is -0.180. The van der Waals surface area contributed by atoms with Crippen LogP contribution < -0.4 is 5.32 Å². The molecule has 0 spiro atoms. The molecule has 0 aliphatic carbocycles. The van der Waals surface area contributed by atoms with E-state index in [1.54, 1.807) is 19.2 Å². The van der Waals surface area contributed by atoms with E-state index in [0.717, 1.165) is 31.7 Å². The summed E-state index contributed by atoms with van der Waals surface area (Å²) in [7, 11) is 5.68. The van der Waals surface area contributed by atoms with Gasteiger partial charge in [0.1, 0.15) is 5.82 Å². The standard InChI is InChI=1S/C14H23FN2O/c1-16-14(7-8-17(2)9-10-18-3)12-5-4-6-13(15)11-12/h4-6,11,14,16H,7-10H2,1-3H3. The Kier molecular flexibility index (Phi) is 6.86. The molecule has 0 saturated heterocycles. The van der Waals surface area contributed by atoms with E-state index in [1.807, 2.05) is 13.1 Å². The lowest BCUT2D eigenvalue weighted by Crippen LogP contribution is -2.28. The molecule has 4 heteroatoms. The van der Waals surface area contributed by atoms with Gasteiger partial charge in [-0.15, -0.1) is 0 Å². The van der Waals surface area contributed by atoms with Crippen LogP contribution in [0.3, 0.4) is 0 Å². The largest absolute Gasteiger partial charge is 0.383 e. The van der Waals surface area contributed by atoms with Gasteiger partial charge >= 0.3 is 0 Å². The van der Waals surface area contributed by atoms with E-state index in [-0.39, 0.29) is 11.9 Å². The van der Waals surface area contributed by atoms with Gasteiger partial charge in [0.15, 0.2) is 0 Å². The van der Waals surface area contributed by atoms with Crippen LogP contribution in [0.15, 0.2) is 24.3 Å². The van der Waals surface area contributed by atoms with Crippen LogP contribution in [-0.4, -0.2) is 45.8 Å². The van der Waals surface area contributed by atoms with Gasteiger partial charge in [-0.2, -0.15) is 0 Å². The molecule has 0 aliphatic rings. The van der Waals surface area contributed by atoms with Gasteiger partial charge in [-0.05, 0) is 44.8 Å². The van der Waals surface area contributed by atoms with E-state index in [4.69, 9.17) is 4.74 Å². The predicted octanol–water partition coefficient (Wildman–Crippen LogP) is 2.05. The number of hydrogen-bond donors (Lipinski definition) is 1. The SMILES string of the molecule is CNC(CCN(C)CCOC)c1cccc(F)c1. The Balaban J connectivity index is 2.47. The molecule has 1 N–H and O–H groups in total. The third-order valence-electron chi connectivity index (χ3n) is 3.08. The predicted molar refractivity (Wildman–Crippen MR) is 72.2 cm³/mol. The second kappa shape index (κ2) is 8.19. The van der Waals surface area contributed by atoms with Crippen molar-refractivity contribution in [1.29, 1.82) is 0 Å². The number of benzene rings is 1.